The molecule has 0 aliphatic heterocycles. The molecule has 2 rings (SSSR count). The predicted molar refractivity (Wildman–Crippen MR) is 72.2 cm³/mol. The molecule has 5 heteroatoms. The van der Waals surface area contributed by atoms with E-state index in [2.05, 4.69) is 10.3 Å². The minimum atomic E-state index is -0.387. The first-order valence-corrected chi connectivity index (χ1v) is 6.05. The van der Waals surface area contributed by atoms with Crippen molar-refractivity contribution in [1.82, 2.24) is 14.9 Å². The smallest absolute Gasteiger partial charge is 0.167 e. The molecule has 0 fully saturated rings. The molecule has 102 valence electrons. The Bertz CT molecular complexity index is 578. The monoisotopic (exact) mass is 263 g/mol. The Morgan fingerprint density at radius 2 is 2.11 bits per heavy atom. The number of hydrogen-bond donors (Lipinski definition) is 1. The van der Waals surface area contributed by atoms with Gasteiger partial charge in [-0.05, 0) is 33.0 Å². The summed E-state index contributed by atoms with van der Waals surface area (Å²) < 4.78 is 20.6. The maximum Gasteiger partial charge on any atom is 0.167 e. The highest BCUT2D eigenvalue weighted by molar-refractivity contribution is 5.40. The zero-order valence-corrected chi connectivity index (χ0v) is 11.6. The van der Waals surface area contributed by atoms with Crippen LogP contribution in [0.4, 0.5) is 4.39 Å². The van der Waals surface area contributed by atoms with Gasteiger partial charge in [-0.3, -0.25) is 0 Å². The zero-order chi connectivity index (χ0) is 14.0. The lowest BCUT2D eigenvalue weighted by molar-refractivity contribution is 0.386. The van der Waals surface area contributed by atoms with E-state index in [1.807, 2.05) is 25.5 Å². The molecule has 0 atom stereocenters. The molecule has 0 spiro atoms. The minimum Gasteiger partial charge on any atom is -0.494 e. The highest BCUT2D eigenvalue weighted by atomic mass is 19.1. The first kappa shape index (κ1) is 13.5. The summed E-state index contributed by atoms with van der Waals surface area (Å²) in [5.41, 5.74) is 1.42. The van der Waals surface area contributed by atoms with Crippen molar-refractivity contribution >= 4 is 0 Å². The van der Waals surface area contributed by atoms with Crippen LogP contribution in [0.1, 0.15) is 19.5 Å². The Hall–Kier alpha value is -1.88. The number of aromatic nitrogens is 2. The summed E-state index contributed by atoms with van der Waals surface area (Å²) in [6.07, 6.45) is 3.45. The number of benzene rings is 1. The standard InChI is InChI=1S/C14H18FN3O/c1-14(2,16-3)13-8-17-9-18(13)10-5-6-12(19-4)11(15)7-10/h5-9,16H,1-4H3. The van der Waals surface area contributed by atoms with Crippen LogP contribution >= 0.6 is 0 Å². The number of hydrogen-bond acceptors (Lipinski definition) is 3. The largest absolute Gasteiger partial charge is 0.494 e. The normalized spacial score (nSPS) is 11.6. The van der Waals surface area contributed by atoms with Crippen LogP contribution in [0, 0.1) is 5.82 Å². The quantitative estimate of drug-likeness (QED) is 0.921. The predicted octanol–water partition coefficient (Wildman–Crippen LogP) is 2.47. The number of nitrogens with one attached hydrogen (secondary N) is 1. The number of halogens is 1. The Labute approximate surface area is 112 Å². The number of methoxy groups -OCH3 is 1. The van der Waals surface area contributed by atoms with E-state index in [-0.39, 0.29) is 17.1 Å². The van der Waals surface area contributed by atoms with Crippen LogP contribution in [0.5, 0.6) is 5.75 Å². The summed E-state index contributed by atoms with van der Waals surface area (Å²) in [4.78, 5) is 4.15. The van der Waals surface area contributed by atoms with E-state index in [0.717, 1.165) is 5.69 Å². The van der Waals surface area contributed by atoms with Gasteiger partial charge in [0.25, 0.3) is 0 Å². The fourth-order valence-corrected chi connectivity index (χ4v) is 1.90. The van der Waals surface area contributed by atoms with Crippen LogP contribution in [0.2, 0.25) is 0 Å². The second-order valence-electron chi connectivity index (χ2n) is 4.84. The van der Waals surface area contributed by atoms with Crippen molar-refractivity contribution in [2.24, 2.45) is 0 Å². The summed E-state index contributed by atoms with van der Waals surface area (Å²) in [6.45, 7) is 4.08. The van der Waals surface area contributed by atoms with E-state index in [1.54, 1.807) is 24.7 Å². The molecular weight excluding hydrogens is 245 g/mol. The van der Waals surface area contributed by atoms with E-state index >= 15 is 0 Å². The molecule has 0 bridgehead atoms. The number of ether oxygens (including phenoxy) is 1. The minimum absolute atomic E-state index is 0.235. The van der Waals surface area contributed by atoms with Crippen molar-refractivity contribution in [3.05, 3.63) is 42.2 Å². The molecule has 1 aromatic carbocycles. The second kappa shape index (κ2) is 5.01. The molecule has 0 radical (unpaired) electrons. The second-order valence-corrected chi connectivity index (χ2v) is 4.84. The number of rotatable bonds is 4. The van der Waals surface area contributed by atoms with Gasteiger partial charge < -0.3 is 14.6 Å². The molecule has 2 aromatic rings. The van der Waals surface area contributed by atoms with Crippen molar-refractivity contribution in [3.8, 4) is 11.4 Å². The van der Waals surface area contributed by atoms with Gasteiger partial charge in [0.1, 0.15) is 0 Å². The van der Waals surface area contributed by atoms with Gasteiger partial charge in [-0.2, -0.15) is 0 Å². The SMILES string of the molecule is CNC(C)(C)c1cncn1-c1ccc(OC)c(F)c1. The Morgan fingerprint density at radius 3 is 2.68 bits per heavy atom. The molecule has 0 saturated heterocycles. The third-order valence-electron chi connectivity index (χ3n) is 3.32. The average Bonchev–Trinajstić information content (AvgIpc) is 2.88. The molecule has 0 unspecified atom stereocenters. The molecule has 0 amide bonds. The lowest BCUT2D eigenvalue weighted by atomic mass is 10.0. The third kappa shape index (κ3) is 2.46. The number of nitrogens with zero attached hydrogens (tertiary/aromatic N) is 2. The van der Waals surface area contributed by atoms with Crippen LogP contribution in [0.3, 0.4) is 0 Å². The maximum atomic E-state index is 13.8. The summed E-state index contributed by atoms with van der Waals surface area (Å²) >= 11 is 0. The van der Waals surface area contributed by atoms with Gasteiger partial charge in [-0.25, -0.2) is 9.37 Å². The maximum absolute atomic E-state index is 13.8. The van der Waals surface area contributed by atoms with Gasteiger partial charge in [0, 0.05) is 6.07 Å². The summed E-state index contributed by atoms with van der Waals surface area (Å²) in [5.74, 6) is -0.153. The van der Waals surface area contributed by atoms with E-state index in [4.69, 9.17) is 4.74 Å². The summed E-state index contributed by atoms with van der Waals surface area (Å²) in [7, 11) is 3.33. The van der Waals surface area contributed by atoms with Gasteiger partial charge in [0.2, 0.25) is 0 Å². The van der Waals surface area contributed by atoms with Crippen molar-refractivity contribution in [3.63, 3.8) is 0 Å². The van der Waals surface area contributed by atoms with E-state index in [1.165, 1.54) is 13.2 Å². The van der Waals surface area contributed by atoms with Gasteiger partial charge in [-0.1, -0.05) is 0 Å². The molecule has 4 nitrogen and oxygen atoms in total. The fourth-order valence-electron chi connectivity index (χ4n) is 1.90. The van der Waals surface area contributed by atoms with Gasteiger partial charge in [0.05, 0.1) is 36.6 Å². The summed E-state index contributed by atoms with van der Waals surface area (Å²) in [5, 5.41) is 3.21. The molecule has 1 heterocycles. The Balaban J connectivity index is 2.49. The van der Waals surface area contributed by atoms with Crippen molar-refractivity contribution in [2.45, 2.75) is 19.4 Å². The Kier molecular flexibility index (Phi) is 3.57. The topological polar surface area (TPSA) is 39.1 Å². The van der Waals surface area contributed by atoms with Crippen LogP contribution in [-0.4, -0.2) is 23.7 Å². The highest BCUT2D eigenvalue weighted by Gasteiger charge is 2.23. The first-order valence-electron chi connectivity index (χ1n) is 6.05. The lowest BCUT2D eigenvalue weighted by Crippen LogP contribution is -2.35. The van der Waals surface area contributed by atoms with Gasteiger partial charge >= 0.3 is 0 Å². The van der Waals surface area contributed by atoms with Gasteiger partial charge in [0.15, 0.2) is 11.6 Å². The molecular formula is C14H18FN3O. The molecule has 0 aliphatic rings. The fraction of sp³-hybridized carbons (Fsp3) is 0.357. The van der Waals surface area contributed by atoms with Crippen molar-refractivity contribution < 1.29 is 9.13 Å². The van der Waals surface area contributed by atoms with Crippen molar-refractivity contribution in [2.75, 3.05) is 14.2 Å². The van der Waals surface area contributed by atoms with E-state index < -0.39 is 0 Å². The number of imidazole rings is 1. The van der Waals surface area contributed by atoms with E-state index in [0.29, 0.717) is 5.69 Å². The molecule has 1 N–H and O–H groups in total. The molecule has 0 aliphatic carbocycles. The van der Waals surface area contributed by atoms with Gasteiger partial charge in [-0.15, -0.1) is 0 Å². The average molecular weight is 263 g/mol. The Morgan fingerprint density at radius 1 is 1.37 bits per heavy atom. The highest BCUT2D eigenvalue weighted by Crippen LogP contribution is 2.25. The van der Waals surface area contributed by atoms with Crippen molar-refractivity contribution in [1.29, 1.82) is 0 Å². The summed E-state index contributed by atoms with van der Waals surface area (Å²) in [6, 6.07) is 4.86. The molecule has 19 heavy (non-hydrogen) atoms. The van der Waals surface area contributed by atoms with Crippen LogP contribution in [-0.2, 0) is 5.54 Å². The first-order chi connectivity index (χ1) is 8.99. The third-order valence-corrected chi connectivity index (χ3v) is 3.32. The molecule has 1 aromatic heterocycles. The van der Waals surface area contributed by atoms with Crippen LogP contribution < -0.4 is 10.1 Å². The van der Waals surface area contributed by atoms with Crippen LogP contribution in [0.25, 0.3) is 5.69 Å². The van der Waals surface area contributed by atoms with E-state index in [9.17, 15) is 4.39 Å². The van der Waals surface area contributed by atoms with Crippen LogP contribution in [0.15, 0.2) is 30.7 Å². The molecule has 0 saturated carbocycles. The zero-order valence-electron chi connectivity index (χ0n) is 11.6. The lowest BCUT2D eigenvalue weighted by Gasteiger charge is -2.25.